The predicted octanol–water partition coefficient (Wildman–Crippen LogP) is 2.73. The average Bonchev–Trinajstić information content (AvgIpc) is 2.81. The van der Waals surface area contributed by atoms with E-state index in [4.69, 9.17) is 0 Å². The van der Waals surface area contributed by atoms with E-state index in [1.165, 1.54) is 37.0 Å². The van der Waals surface area contributed by atoms with Crippen molar-refractivity contribution in [1.29, 1.82) is 0 Å². The highest BCUT2D eigenvalue weighted by molar-refractivity contribution is 6.02. The molecule has 0 spiro atoms. The number of anilines is 1. The third kappa shape index (κ3) is 4.33. The molecule has 1 aromatic heterocycles. The number of hydrogen-bond donors (Lipinski definition) is 1. The molecule has 2 rings (SSSR count). The van der Waals surface area contributed by atoms with Crippen LogP contribution in [0.3, 0.4) is 0 Å². The van der Waals surface area contributed by atoms with E-state index >= 15 is 0 Å². The summed E-state index contributed by atoms with van der Waals surface area (Å²) in [6.07, 6.45) is 7.82. The van der Waals surface area contributed by atoms with Crippen molar-refractivity contribution >= 4 is 17.5 Å². The van der Waals surface area contributed by atoms with Crippen LogP contribution in [0.2, 0.25) is 0 Å². The van der Waals surface area contributed by atoms with Crippen molar-refractivity contribution in [2.24, 2.45) is 13.0 Å². The molecule has 0 bridgehead atoms. The van der Waals surface area contributed by atoms with E-state index in [2.05, 4.69) is 10.4 Å². The Balaban J connectivity index is 2.00. The average molecular weight is 320 g/mol. The minimum Gasteiger partial charge on any atom is -0.343 e. The Morgan fingerprint density at radius 2 is 1.91 bits per heavy atom. The maximum absolute atomic E-state index is 12.3. The minimum atomic E-state index is -0.198. The molecule has 23 heavy (non-hydrogen) atoms. The normalized spacial score (nSPS) is 15.5. The molecule has 0 aromatic carbocycles. The molecule has 128 valence electrons. The fourth-order valence-corrected chi connectivity index (χ4v) is 3.13. The number of aromatic nitrogens is 2. The standard InChI is InChI=1S/C17H28N4O2/c1-12-15(16(19-21(12)4)17(23)20(2)3)18-14(22)11-10-13-8-6-5-7-9-13/h13H,5-11H2,1-4H3,(H,18,22). The molecule has 0 radical (unpaired) electrons. The first kappa shape index (κ1) is 17.5. The second kappa shape index (κ2) is 7.62. The van der Waals surface area contributed by atoms with Gasteiger partial charge < -0.3 is 10.2 Å². The van der Waals surface area contributed by atoms with Crippen LogP contribution in [0.4, 0.5) is 5.69 Å². The number of carbonyl (C=O) groups excluding carboxylic acids is 2. The van der Waals surface area contributed by atoms with Gasteiger partial charge >= 0.3 is 0 Å². The summed E-state index contributed by atoms with van der Waals surface area (Å²) in [6.45, 7) is 1.86. The Kier molecular flexibility index (Phi) is 5.80. The molecule has 1 aliphatic rings. The monoisotopic (exact) mass is 320 g/mol. The minimum absolute atomic E-state index is 0.0283. The highest BCUT2D eigenvalue weighted by Crippen LogP contribution is 2.28. The summed E-state index contributed by atoms with van der Waals surface area (Å²) in [5, 5.41) is 7.15. The molecular formula is C17H28N4O2. The van der Waals surface area contributed by atoms with Crippen LogP contribution in [-0.4, -0.2) is 40.6 Å². The Morgan fingerprint density at radius 3 is 2.52 bits per heavy atom. The number of hydrogen-bond acceptors (Lipinski definition) is 3. The van der Waals surface area contributed by atoms with Crippen LogP contribution in [0.25, 0.3) is 0 Å². The zero-order chi connectivity index (χ0) is 17.0. The molecule has 6 nitrogen and oxygen atoms in total. The Morgan fingerprint density at radius 1 is 1.26 bits per heavy atom. The van der Waals surface area contributed by atoms with Crippen molar-refractivity contribution in [3.8, 4) is 0 Å². The van der Waals surface area contributed by atoms with E-state index in [-0.39, 0.29) is 11.8 Å². The van der Waals surface area contributed by atoms with Crippen molar-refractivity contribution in [3.63, 3.8) is 0 Å². The van der Waals surface area contributed by atoms with E-state index in [9.17, 15) is 9.59 Å². The number of amides is 2. The highest BCUT2D eigenvalue weighted by atomic mass is 16.2. The van der Waals surface area contributed by atoms with Crippen LogP contribution in [0.1, 0.15) is 61.1 Å². The summed E-state index contributed by atoms with van der Waals surface area (Å²) in [5.74, 6) is 0.447. The van der Waals surface area contributed by atoms with Crippen molar-refractivity contribution in [2.75, 3.05) is 19.4 Å². The van der Waals surface area contributed by atoms with E-state index in [1.54, 1.807) is 25.8 Å². The lowest BCUT2D eigenvalue weighted by molar-refractivity contribution is -0.116. The van der Waals surface area contributed by atoms with Crippen LogP contribution in [0.15, 0.2) is 0 Å². The lowest BCUT2D eigenvalue weighted by Crippen LogP contribution is -2.24. The van der Waals surface area contributed by atoms with Crippen LogP contribution < -0.4 is 5.32 Å². The predicted molar refractivity (Wildman–Crippen MR) is 90.4 cm³/mol. The fourth-order valence-electron chi connectivity index (χ4n) is 3.13. The second-order valence-corrected chi connectivity index (χ2v) is 6.72. The molecule has 1 heterocycles. The van der Waals surface area contributed by atoms with Crippen molar-refractivity contribution in [2.45, 2.75) is 51.9 Å². The summed E-state index contributed by atoms with van der Waals surface area (Å²) < 4.78 is 1.63. The van der Waals surface area contributed by atoms with Gasteiger partial charge in [-0.05, 0) is 19.3 Å². The first-order chi connectivity index (χ1) is 10.9. The van der Waals surface area contributed by atoms with Gasteiger partial charge in [-0.1, -0.05) is 32.1 Å². The maximum atomic E-state index is 12.3. The summed E-state index contributed by atoms with van der Waals surface area (Å²) >= 11 is 0. The van der Waals surface area contributed by atoms with E-state index in [0.29, 0.717) is 23.7 Å². The number of rotatable bonds is 5. The Labute approximate surface area is 138 Å². The molecule has 1 fully saturated rings. The summed E-state index contributed by atoms with van der Waals surface area (Å²) in [6, 6.07) is 0. The van der Waals surface area contributed by atoms with Gasteiger partial charge in [0.1, 0.15) is 0 Å². The molecule has 0 saturated heterocycles. The van der Waals surface area contributed by atoms with Gasteiger partial charge in [0.25, 0.3) is 5.91 Å². The molecule has 2 amide bonds. The number of nitrogens with zero attached hydrogens (tertiary/aromatic N) is 3. The van der Waals surface area contributed by atoms with Crippen LogP contribution in [0.5, 0.6) is 0 Å². The lowest BCUT2D eigenvalue weighted by atomic mass is 9.86. The first-order valence-corrected chi connectivity index (χ1v) is 8.45. The van der Waals surface area contributed by atoms with E-state index in [1.807, 2.05) is 6.92 Å². The molecule has 0 atom stereocenters. The third-order valence-electron chi connectivity index (χ3n) is 4.71. The number of aryl methyl sites for hydroxylation is 1. The van der Waals surface area contributed by atoms with Gasteiger partial charge in [-0.25, -0.2) is 0 Å². The molecule has 0 aliphatic heterocycles. The maximum Gasteiger partial charge on any atom is 0.276 e. The zero-order valence-corrected chi connectivity index (χ0v) is 14.7. The Bertz CT molecular complexity index is 571. The number of nitrogens with one attached hydrogen (secondary N) is 1. The zero-order valence-electron chi connectivity index (χ0n) is 14.7. The first-order valence-electron chi connectivity index (χ1n) is 8.45. The summed E-state index contributed by atoms with van der Waals surface area (Å²) in [4.78, 5) is 26.0. The van der Waals surface area contributed by atoms with E-state index in [0.717, 1.165) is 12.1 Å². The third-order valence-corrected chi connectivity index (χ3v) is 4.71. The number of carbonyl (C=O) groups is 2. The summed E-state index contributed by atoms with van der Waals surface area (Å²) in [7, 11) is 5.14. The van der Waals surface area contributed by atoms with Gasteiger partial charge in [-0.2, -0.15) is 5.10 Å². The van der Waals surface area contributed by atoms with E-state index < -0.39 is 0 Å². The fraction of sp³-hybridized carbons (Fsp3) is 0.706. The molecule has 1 aliphatic carbocycles. The van der Waals surface area contributed by atoms with Gasteiger partial charge in [-0.15, -0.1) is 0 Å². The lowest BCUT2D eigenvalue weighted by Gasteiger charge is -2.21. The van der Waals surface area contributed by atoms with Gasteiger partial charge in [0.2, 0.25) is 5.91 Å². The molecule has 1 N–H and O–H groups in total. The molecule has 6 heteroatoms. The smallest absolute Gasteiger partial charge is 0.276 e. The second-order valence-electron chi connectivity index (χ2n) is 6.72. The molecule has 1 aromatic rings. The molecule has 1 saturated carbocycles. The van der Waals surface area contributed by atoms with Crippen LogP contribution >= 0.6 is 0 Å². The van der Waals surface area contributed by atoms with Gasteiger partial charge in [0.05, 0.1) is 11.4 Å². The summed E-state index contributed by atoms with van der Waals surface area (Å²) in [5.41, 5.74) is 1.64. The Hall–Kier alpha value is -1.85. The largest absolute Gasteiger partial charge is 0.343 e. The van der Waals surface area contributed by atoms with Gasteiger partial charge in [0, 0.05) is 27.6 Å². The molecular weight excluding hydrogens is 292 g/mol. The van der Waals surface area contributed by atoms with Crippen molar-refractivity contribution in [3.05, 3.63) is 11.4 Å². The van der Waals surface area contributed by atoms with Crippen molar-refractivity contribution < 1.29 is 9.59 Å². The van der Waals surface area contributed by atoms with Crippen LogP contribution in [0, 0.1) is 12.8 Å². The topological polar surface area (TPSA) is 67.2 Å². The van der Waals surface area contributed by atoms with Crippen molar-refractivity contribution in [1.82, 2.24) is 14.7 Å². The molecule has 0 unspecified atom stereocenters. The quantitative estimate of drug-likeness (QED) is 0.907. The van der Waals surface area contributed by atoms with Gasteiger partial charge in [0.15, 0.2) is 5.69 Å². The van der Waals surface area contributed by atoms with Crippen LogP contribution in [-0.2, 0) is 11.8 Å². The SMILES string of the molecule is Cc1c(NC(=O)CCC2CCCCC2)c(C(=O)N(C)C)nn1C. The highest BCUT2D eigenvalue weighted by Gasteiger charge is 2.23. The van der Waals surface area contributed by atoms with Gasteiger partial charge in [-0.3, -0.25) is 14.3 Å².